The van der Waals surface area contributed by atoms with Crippen molar-refractivity contribution < 1.29 is 0 Å². The number of halogens is 1. The minimum Gasteiger partial charge on any atom is -0.152 e. The smallest absolute Gasteiger partial charge is 0.0701 e. The molecule has 0 amide bonds. The zero-order chi connectivity index (χ0) is 12.3. The lowest BCUT2D eigenvalue weighted by Crippen LogP contribution is -1.85. The lowest BCUT2D eigenvalue weighted by Gasteiger charge is -2.04. The monoisotopic (exact) mass is 326 g/mol. The molecule has 0 saturated heterocycles. The Labute approximate surface area is 120 Å². The van der Waals surface area contributed by atoms with Crippen LogP contribution in [0.5, 0.6) is 0 Å². The van der Waals surface area contributed by atoms with Gasteiger partial charge in [-0.1, -0.05) is 29.3 Å². The molecule has 0 bridgehead atoms. The molecule has 0 spiro atoms. The Kier molecular flexibility index (Phi) is 4.71. The highest BCUT2D eigenvalue weighted by atomic mass is 79.9. The van der Waals surface area contributed by atoms with E-state index in [1.165, 1.54) is 25.4 Å². The van der Waals surface area contributed by atoms with Crippen molar-refractivity contribution in [3.05, 3.63) is 55.7 Å². The van der Waals surface area contributed by atoms with Crippen LogP contribution in [0.15, 0.2) is 34.1 Å². The van der Waals surface area contributed by atoms with Crippen molar-refractivity contribution in [3.8, 4) is 0 Å². The van der Waals surface area contributed by atoms with Crippen molar-refractivity contribution >= 4 is 39.0 Å². The van der Waals surface area contributed by atoms with Crippen LogP contribution in [0.4, 0.5) is 0 Å². The van der Waals surface area contributed by atoms with Gasteiger partial charge >= 0.3 is 0 Å². The normalized spacial score (nSPS) is 10.8. The van der Waals surface area contributed by atoms with Crippen LogP contribution < -0.4 is 0 Å². The molecule has 90 valence electrons. The fraction of sp³-hybridized carbons (Fsp3) is 0.286. The Morgan fingerprint density at radius 1 is 1.06 bits per heavy atom. The third-order valence-corrected chi connectivity index (χ3v) is 5.28. The molecule has 0 unspecified atom stereocenters. The fourth-order valence-electron chi connectivity index (χ4n) is 1.85. The molecular weight excluding hydrogens is 312 g/mol. The number of thioether (sulfide) groups is 1. The summed E-state index contributed by atoms with van der Waals surface area (Å²) >= 11 is 7.30. The van der Waals surface area contributed by atoms with Crippen molar-refractivity contribution in [2.24, 2.45) is 0 Å². The van der Waals surface area contributed by atoms with E-state index in [-0.39, 0.29) is 0 Å². The predicted molar refractivity (Wildman–Crippen MR) is 82.9 cm³/mol. The van der Waals surface area contributed by atoms with E-state index in [9.17, 15) is 0 Å². The van der Waals surface area contributed by atoms with E-state index >= 15 is 0 Å². The number of benzene rings is 1. The zero-order valence-corrected chi connectivity index (χ0v) is 13.2. The Morgan fingerprint density at radius 3 is 2.35 bits per heavy atom. The first-order valence-electron chi connectivity index (χ1n) is 5.52. The Bertz CT molecular complexity index is 482. The van der Waals surface area contributed by atoms with E-state index in [4.69, 9.17) is 0 Å². The second kappa shape index (κ2) is 6.07. The number of hydrogen-bond acceptors (Lipinski definition) is 2. The van der Waals surface area contributed by atoms with Gasteiger partial charge in [-0.2, -0.15) is 11.8 Å². The van der Waals surface area contributed by atoms with Gasteiger partial charge in [0.2, 0.25) is 0 Å². The van der Waals surface area contributed by atoms with E-state index in [0.29, 0.717) is 0 Å². The van der Waals surface area contributed by atoms with Crippen LogP contribution in [0.2, 0.25) is 0 Å². The molecule has 3 heteroatoms. The quantitative estimate of drug-likeness (QED) is 0.708. The van der Waals surface area contributed by atoms with Gasteiger partial charge in [0.15, 0.2) is 0 Å². The van der Waals surface area contributed by atoms with E-state index in [0.717, 1.165) is 11.5 Å². The first-order valence-corrected chi connectivity index (χ1v) is 8.29. The highest BCUT2D eigenvalue weighted by molar-refractivity contribution is 9.11. The minimum absolute atomic E-state index is 1.10. The first-order chi connectivity index (χ1) is 8.13. The number of rotatable bonds is 4. The molecule has 0 saturated carbocycles. The van der Waals surface area contributed by atoms with Gasteiger partial charge in [-0.3, -0.25) is 0 Å². The summed E-state index contributed by atoms with van der Waals surface area (Å²) in [6, 6.07) is 11.1. The van der Waals surface area contributed by atoms with Crippen LogP contribution in [0, 0.1) is 13.8 Å². The van der Waals surface area contributed by atoms with Gasteiger partial charge in [0, 0.05) is 16.4 Å². The van der Waals surface area contributed by atoms with Crippen molar-refractivity contribution in [2.45, 2.75) is 25.4 Å². The van der Waals surface area contributed by atoms with Crippen LogP contribution in [-0.2, 0) is 11.5 Å². The molecule has 0 radical (unpaired) electrons. The number of thiophene rings is 1. The van der Waals surface area contributed by atoms with E-state index in [1.807, 2.05) is 23.1 Å². The molecule has 1 aromatic heterocycles. The second-order valence-corrected chi connectivity index (χ2v) is 7.73. The van der Waals surface area contributed by atoms with Gasteiger partial charge in [-0.15, -0.1) is 11.3 Å². The summed E-state index contributed by atoms with van der Waals surface area (Å²) < 4.78 is 1.22. The maximum absolute atomic E-state index is 3.50. The van der Waals surface area contributed by atoms with Gasteiger partial charge in [-0.05, 0) is 47.5 Å². The summed E-state index contributed by atoms with van der Waals surface area (Å²) in [5, 5.41) is 0. The maximum Gasteiger partial charge on any atom is 0.0701 e. The van der Waals surface area contributed by atoms with Crippen molar-refractivity contribution in [2.75, 3.05) is 0 Å². The average Bonchev–Trinajstić information content (AvgIpc) is 2.63. The SMILES string of the molecule is Cc1cc(C)cc(CSCc2ccc(Br)s2)c1. The summed E-state index contributed by atoms with van der Waals surface area (Å²) in [4.78, 5) is 1.44. The lowest BCUT2D eigenvalue weighted by atomic mass is 10.1. The number of aryl methyl sites for hydroxylation is 2. The lowest BCUT2D eigenvalue weighted by molar-refractivity contribution is 1.30. The molecule has 0 atom stereocenters. The van der Waals surface area contributed by atoms with Crippen molar-refractivity contribution in [1.82, 2.24) is 0 Å². The fourth-order valence-corrected chi connectivity index (χ4v) is 4.42. The summed E-state index contributed by atoms with van der Waals surface area (Å²) in [7, 11) is 0. The van der Waals surface area contributed by atoms with Gasteiger partial charge in [0.1, 0.15) is 0 Å². The Morgan fingerprint density at radius 2 is 1.76 bits per heavy atom. The van der Waals surface area contributed by atoms with Crippen LogP contribution >= 0.6 is 39.0 Å². The van der Waals surface area contributed by atoms with E-state index in [2.05, 4.69) is 60.1 Å². The predicted octanol–water partition coefficient (Wildman–Crippen LogP) is 5.56. The van der Waals surface area contributed by atoms with Crippen molar-refractivity contribution in [1.29, 1.82) is 0 Å². The molecule has 17 heavy (non-hydrogen) atoms. The zero-order valence-electron chi connectivity index (χ0n) is 10.00. The maximum atomic E-state index is 3.50. The second-order valence-electron chi connectivity index (χ2n) is 4.19. The molecule has 0 nitrogen and oxygen atoms in total. The van der Waals surface area contributed by atoms with Gasteiger partial charge < -0.3 is 0 Å². The third-order valence-electron chi connectivity index (χ3n) is 2.42. The van der Waals surface area contributed by atoms with Gasteiger partial charge in [-0.25, -0.2) is 0 Å². The van der Waals surface area contributed by atoms with Gasteiger partial charge in [0.05, 0.1) is 3.79 Å². The van der Waals surface area contributed by atoms with Crippen LogP contribution in [0.1, 0.15) is 21.6 Å². The first kappa shape index (κ1) is 13.2. The van der Waals surface area contributed by atoms with Gasteiger partial charge in [0.25, 0.3) is 0 Å². The minimum atomic E-state index is 1.10. The Balaban J connectivity index is 1.89. The molecule has 0 fully saturated rings. The molecular formula is C14H15BrS2. The summed E-state index contributed by atoms with van der Waals surface area (Å²) in [6.07, 6.45) is 0. The largest absolute Gasteiger partial charge is 0.152 e. The van der Waals surface area contributed by atoms with Crippen molar-refractivity contribution in [3.63, 3.8) is 0 Å². The molecule has 0 aliphatic carbocycles. The average molecular weight is 327 g/mol. The molecule has 0 aliphatic heterocycles. The standard InChI is InChI=1S/C14H15BrS2/c1-10-5-11(2)7-12(6-10)8-16-9-13-3-4-14(15)17-13/h3-7H,8-9H2,1-2H3. The molecule has 1 aromatic carbocycles. The highest BCUT2D eigenvalue weighted by Gasteiger charge is 2.00. The summed E-state index contributed by atoms with van der Waals surface area (Å²) in [5.41, 5.74) is 4.15. The van der Waals surface area contributed by atoms with Crippen LogP contribution in [-0.4, -0.2) is 0 Å². The van der Waals surface area contributed by atoms with Crippen LogP contribution in [0.3, 0.4) is 0 Å². The molecule has 2 aromatic rings. The topological polar surface area (TPSA) is 0 Å². The van der Waals surface area contributed by atoms with E-state index in [1.54, 1.807) is 0 Å². The molecule has 0 N–H and O–H groups in total. The number of hydrogen-bond donors (Lipinski definition) is 0. The summed E-state index contributed by atoms with van der Waals surface area (Å²) in [5.74, 6) is 2.20. The molecule has 1 heterocycles. The third kappa shape index (κ3) is 4.16. The van der Waals surface area contributed by atoms with E-state index < -0.39 is 0 Å². The Hall–Kier alpha value is -0.250. The molecule has 2 rings (SSSR count). The van der Waals surface area contributed by atoms with Crippen LogP contribution in [0.25, 0.3) is 0 Å². The molecule has 0 aliphatic rings. The highest BCUT2D eigenvalue weighted by Crippen LogP contribution is 2.27. The summed E-state index contributed by atoms with van der Waals surface area (Å²) in [6.45, 7) is 4.33.